The van der Waals surface area contributed by atoms with Crippen LogP contribution in [0.4, 0.5) is 4.39 Å². The molecule has 3 rings (SSSR count). The predicted molar refractivity (Wildman–Crippen MR) is 62.1 cm³/mol. The maximum atomic E-state index is 13.9. The van der Waals surface area contributed by atoms with Crippen LogP contribution in [0.15, 0.2) is 18.3 Å². The second kappa shape index (κ2) is 3.30. The Morgan fingerprint density at radius 1 is 1.38 bits per heavy atom. The van der Waals surface area contributed by atoms with E-state index in [9.17, 15) is 4.39 Å². The van der Waals surface area contributed by atoms with Crippen molar-refractivity contribution in [2.24, 2.45) is 0 Å². The molecule has 2 aromatic rings. The Labute approximate surface area is 94.1 Å². The molecule has 1 aromatic heterocycles. The first-order valence-electron chi connectivity index (χ1n) is 5.84. The lowest BCUT2D eigenvalue weighted by Gasteiger charge is -2.11. The predicted octanol–water partition coefficient (Wildman–Crippen LogP) is 3.63. The minimum atomic E-state index is -0.107. The molecule has 1 aromatic carbocycles. The van der Waals surface area contributed by atoms with Crippen LogP contribution >= 0.6 is 0 Å². The molecule has 1 heterocycles. The molecule has 1 aliphatic rings. The third-order valence-corrected chi connectivity index (χ3v) is 3.22. The molecule has 1 saturated carbocycles. The Bertz CT molecular complexity index is 538. The molecule has 2 nitrogen and oxygen atoms in total. The minimum absolute atomic E-state index is 0.107. The van der Waals surface area contributed by atoms with Crippen molar-refractivity contribution >= 4 is 10.9 Å². The van der Waals surface area contributed by atoms with Gasteiger partial charge in [-0.25, -0.2) is 4.39 Å². The number of halogens is 1. The van der Waals surface area contributed by atoms with Crippen LogP contribution in [0.3, 0.4) is 0 Å². The molecule has 1 fully saturated rings. The highest BCUT2D eigenvalue weighted by atomic mass is 19.1. The van der Waals surface area contributed by atoms with E-state index in [2.05, 4.69) is 5.10 Å². The van der Waals surface area contributed by atoms with E-state index in [1.165, 1.54) is 12.8 Å². The van der Waals surface area contributed by atoms with Crippen molar-refractivity contribution in [2.45, 2.75) is 38.6 Å². The van der Waals surface area contributed by atoms with Crippen molar-refractivity contribution in [3.05, 3.63) is 29.7 Å². The summed E-state index contributed by atoms with van der Waals surface area (Å²) >= 11 is 0. The van der Waals surface area contributed by atoms with Crippen molar-refractivity contribution in [2.75, 3.05) is 0 Å². The van der Waals surface area contributed by atoms with Crippen LogP contribution < -0.4 is 0 Å². The molecule has 0 atom stereocenters. The van der Waals surface area contributed by atoms with Crippen LogP contribution in [0.2, 0.25) is 0 Å². The highest BCUT2D eigenvalue weighted by molar-refractivity contribution is 5.83. The highest BCUT2D eigenvalue weighted by Crippen LogP contribution is 2.39. The van der Waals surface area contributed by atoms with Crippen LogP contribution in [0.1, 0.15) is 44.2 Å². The number of nitrogens with zero attached hydrogens (tertiary/aromatic N) is 2. The fourth-order valence-corrected chi connectivity index (χ4v) is 2.29. The zero-order valence-electron chi connectivity index (χ0n) is 9.57. The zero-order valence-corrected chi connectivity index (χ0v) is 9.57. The normalized spacial score (nSPS) is 16.2. The summed E-state index contributed by atoms with van der Waals surface area (Å²) in [4.78, 5) is 0. The maximum absolute atomic E-state index is 13.9. The molecule has 0 spiro atoms. The molecule has 16 heavy (non-hydrogen) atoms. The molecule has 0 unspecified atom stereocenters. The number of benzene rings is 1. The first-order chi connectivity index (χ1) is 7.68. The number of hydrogen-bond acceptors (Lipinski definition) is 1. The summed E-state index contributed by atoms with van der Waals surface area (Å²) in [5, 5.41) is 5.44. The summed E-state index contributed by atoms with van der Waals surface area (Å²) in [7, 11) is 0. The van der Waals surface area contributed by atoms with Crippen LogP contribution in [0.25, 0.3) is 10.9 Å². The summed E-state index contributed by atoms with van der Waals surface area (Å²) < 4.78 is 15.9. The molecule has 0 N–H and O–H groups in total. The van der Waals surface area contributed by atoms with Gasteiger partial charge in [0.05, 0.1) is 17.8 Å². The quantitative estimate of drug-likeness (QED) is 0.752. The summed E-state index contributed by atoms with van der Waals surface area (Å²) in [6.45, 7) is 4.06. The molecule has 0 bridgehead atoms. The van der Waals surface area contributed by atoms with Crippen LogP contribution in [0.5, 0.6) is 0 Å². The highest BCUT2D eigenvalue weighted by Gasteiger charge is 2.27. The van der Waals surface area contributed by atoms with Gasteiger partial charge in [-0.2, -0.15) is 5.10 Å². The Morgan fingerprint density at radius 2 is 2.12 bits per heavy atom. The number of hydrogen-bond donors (Lipinski definition) is 0. The Balaban J connectivity index is 2.33. The summed E-state index contributed by atoms with van der Waals surface area (Å²) in [6, 6.07) is 3.87. The van der Waals surface area contributed by atoms with Crippen molar-refractivity contribution in [3.8, 4) is 0 Å². The lowest BCUT2D eigenvalue weighted by molar-refractivity contribution is 0.594. The summed E-state index contributed by atoms with van der Waals surface area (Å²) in [5.41, 5.74) is 1.81. The van der Waals surface area contributed by atoms with E-state index in [0.717, 1.165) is 16.5 Å². The van der Waals surface area contributed by atoms with Crippen molar-refractivity contribution in [1.82, 2.24) is 9.78 Å². The number of fused-ring (bicyclic) bond motifs is 1. The van der Waals surface area contributed by atoms with E-state index in [1.54, 1.807) is 6.07 Å². The van der Waals surface area contributed by atoms with Gasteiger partial charge in [0.15, 0.2) is 0 Å². The second-order valence-corrected chi connectivity index (χ2v) is 4.87. The first kappa shape index (κ1) is 9.82. The molecule has 0 amide bonds. The third-order valence-electron chi connectivity index (χ3n) is 3.22. The lowest BCUT2D eigenvalue weighted by atomic mass is 10.00. The van der Waals surface area contributed by atoms with E-state index in [0.29, 0.717) is 6.04 Å². The van der Waals surface area contributed by atoms with Gasteiger partial charge in [-0.15, -0.1) is 0 Å². The minimum Gasteiger partial charge on any atom is -0.261 e. The molecule has 0 aliphatic heterocycles. The Hall–Kier alpha value is -1.38. The van der Waals surface area contributed by atoms with Crippen molar-refractivity contribution in [1.29, 1.82) is 0 Å². The smallest absolute Gasteiger partial charge is 0.128 e. The second-order valence-electron chi connectivity index (χ2n) is 4.87. The first-order valence-corrected chi connectivity index (χ1v) is 5.84. The summed E-state index contributed by atoms with van der Waals surface area (Å²) in [5.74, 6) is 0.0859. The van der Waals surface area contributed by atoms with Gasteiger partial charge in [0.2, 0.25) is 0 Å². The fourth-order valence-electron chi connectivity index (χ4n) is 2.29. The van der Waals surface area contributed by atoms with Gasteiger partial charge in [0.25, 0.3) is 0 Å². The molecule has 0 radical (unpaired) electrons. The van der Waals surface area contributed by atoms with E-state index in [1.807, 2.05) is 30.8 Å². The van der Waals surface area contributed by atoms with Gasteiger partial charge in [-0.1, -0.05) is 13.8 Å². The Morgan fingerprint density at radius 3 is 2.75 bits per heavy atom. The monoisotopic (exact) mass is 218 g/mol. The number of rotatable bonds is 2. The average Bonchev–Trinajstić information content (AvgIpc) is 2.99. The number of aromatic nitrogens is 2. The molecule has 0 saturated heterocycles. The maximum Gasteiger partial charge on any atom is 0.128 e. The van der Waals surface area contributed by atoms with E-state index in [4.69, 9.17) is 0 Å². The molecular weight excluding hydrogens is 203 g/mol. The average molecular weight is 218 g/mol. The van der Waals surface area contributed by atoms with Gasteiger partial charge >= 0.3 is 0 Å². The van der Waals surface area contributed by atoms with Gasteiger partial charge in [0, 0.05) is 10.9 Å². The van der Waals surface area contributed by atoms with Gasteiger partial charge in [0.1, 0.15) is 5.82 Å². The standard InChI is InChI=1S/C13H15FN2/c1-8(2)12-11(14)6-3-9-7-15-16(13(9)12)10-4-5-10/h3,6-8,10H,4-5H2,1-2H3. The van der Waals surface area contributed by atoms with Crippen LogP contribution in [-0.4, -0.2) is 9.78 Å². The zero-order chi connectivity index (χ0) is 11.3. The third kappa shape index (κ3) is 1.34. The topological polar surface area (TPSA) is 17.8 Å². The van der Waals surface area contributed by atoms with E-state index < -0.39 is 0 Å². The van der Waals surface area contributed by atoms with Crippen LogP contribution in [-0.2, 0) is 0 Å². The van der Waals surface area contributed by atoms with Crippen molar-refractivity contribution < 1.29 is 4.39 Å². The van der Waals surface area contributed by atoms with Gasteiger partial charge in [-0.3, -0.25) is 4.68 Å². The molecule has 3 heteroatoms. The molecule has 1 aliphatic carbocycles. The van der Waals surface area contributed by atoms with Crippen LogP contribution in [0, 0.1) is 5.82 Å². The van der Waals surface area contributed by atoms with Gasteiger partial charge in [-0.05, 0) is 30.9 Å². The van der Waals surface area contributed by atoms with Crippen molar-refractivity contribution in [3.63, 3.8) is 0 Å². The lowest BCUT2D eigenvalue weighted by Crippen LogP contribution is -2.02. The molecular formula is C13H15FN2. The van der Waals surface area contributed by atoms with Gasteiger partial charge < -0.3 is 0 Å². The molecule has 84 valence electrons. The summed E-state index contributed by atoms with van der Waals surface area (Å²) in [6.07, 6.45) is 4.19. The fraction of sp³-hybridized carbons (Fsp3) is 0.462. The largest absolute Gasteiger partial charge is 0.261 e. The SMILES string of the molecule is CC(C)c1c(F)ccc2cnn(C3CC3)c12. The van der Waals surface area contributed by atoms with E-state index >= 15 is 0 Å². The van der Waals surface area contributed by atoms with E-state index in [-0.39, 0.29) is 11.7 Å². The Kier molecular flexibility index (Phi) is 2.03.